The van der Waals surface area contributed by atoms with E-state index in [0.29, 0.717) is 23.1 Å². The Bertz CT molecular complexity index is 949. The lowest BCUT2D eigenvalue weighted by Gasteiger charge is -2.19. The zero-order chi connectivity index (χ0) is 20.5. The van der Waals surface area contributed by atoms with Crippen molar-refractivity contribution in [1.82, 2.24) is 4.98 Å². The number of carbonyl (C=O) groups is 2. The molecule has 1 aromatic heterocycles. The van der Waals surface area contributed by atoms with Crippen LogP contribution < -0.4 is 0 Å². The molecule has 1 saturated carbocycles. The number of ketones is 2. The Labute approximate surface area is 176 Å². The number of carbonyl (C=O) groups excluding carboxylic acids is 2. The second-order valence-electron chi connectivity index (χ2n) is 8.32. The van der Waals surface area contributed by atoms with Gasteiger partial charge in [-0.3, -0.25) is 9.59 Å². The number of benzene rings is 1. The van der Waals surface area contributed by atoms with Crippen LogP contribution in [-0.2, 0) is 14.3 Å². The maximum Gasteiger partial charge on any atom is 0.175 e. The molecular formula is C24H27NO3S. The summed E-state index contributed by atoms with van der Waals surface area (Å²) in [6, 6.07) is 8.40. The van der Waals surface area contributed by atoms with E-state index in [1.54, 1.807) is 11.3 Å². The molecule has 0 radical (unpaired) electrons. The Morgan fingerprint density at radius 1 is 1.14 bits per heavy atom. The zero-order valence-corrected chi connectivity index (χ0v) is 18.1. The van der Waals surface area contributed by atoms with Gasteiger partial charge in [-0.25, -0.2) is 4.98 Å². The fraction of sp³-hybridized carbons (Fsp3) is 0.458. The van der Waals surface area contributed by atoms with Crippen LogP contribution in [0, 0.1) is 12.8 Å². The second-order valence-corrected chi connectivity index (χ2v) is 9.52. The number of ether oxygens (including phenoxy) is 1. The normalized spacial score (nSPS) is 22.2. The van der Waals surface area contributed by atoms with Crippen molar-refractivity contribution in [2.24, 2.45) is 5.92 Å². The minimum absolute atomic E-state index is 0.0246. The van der Waals surface area contributed by atoms with Crippen LogP contribution in [-0.4, -0.2) is 29.8 Å². The molecule has 1 aliphatic heterocycles. The standard InChI is InChI=1S/C24H27NO3S/c1-14(2)17-4-6-18(7-5-17)24-25-22(15(3)29-24)21-20(26)13-19(23(21)27)12-16-8-10-28-11-9-16/h4-7,12,14,16,21H,8-11,13H2,1-3H3/b19-12+. The molecular weight excluding hydrogens is 382 g/mol. The van der Waals surface area contributed by atoms with E-state index in [-0.39, 0.29) is 18.0 Å². The molecule has 4 nitrogen and oxygen atoms in total. The molecule has 1 unspecified atom stereocenters. The Balaban J connectivity index is 1.59. The minimum atomic E-state index is -0.735. The predicted molar refractivity (Wildman–Crippen MR) is 115 cm³/mol. The summed E-state index contributed by atoms with van der Waals surface area (Å²) in [5.74, 6) is -0.00540. The van der Waals surface area contributed by atoms with Gasteiger partial charge in [-0.05, 0) is 42.7 Å². The van der Waals surface area contributed by atoms with Gasteiger partial charge in [-0.2, -0.15) is 0 Å². The monoisotopic (exact) mass is 409 g/mol. The molecule has 1 aliphatic carbocycles. The number of allylic oxidation sites excluding steroid dienone is 2. The van der Waals surface area contributed by atoms with Gasteiger partial charge >= 0.3 is 0 Å². The van der Waals surface area contributed by atoms with Crippen molar-refractivity contribution < 1.29 is 14.3 Å². The van der Waals surface area contributed by atoms with Crippen LogP contribution >= 0.6 is 11.3 Å². The molecule has 0 bridgehead atoms. The third-order valence-electron chi connectivity index (χ3n) is 5.90. The predicted octanol–water partition coefficient (Wildman–Crippen LogP) is 5.22. The van der Waals surface area contributed by atoms with E-state index in [1.165, 1.54) is 5.56 Å². The maximum atomic E-state index is 13.1. The summed E-state index contributed by atoms with van der Waals surface area (Å²) in [6.45, 7) is 7.75. The van der Waals surface area contributed by atoms with Crippen LogP contribution in [0.3, 0.4) is 0 Å². The molecule has 1 atom stereocenters. The van der Waals surface area contributed by atoms with E-state index in [2.05, 4.69) is 38.1 Å². The first kappa shape index (κ1) is 20.2. The first-order chi connectivity index (χ1) is 13.9. The van der Waals surface area contributed by atoms with Gasteiger partial charge in [0.2, 0.25) is 0 Å². The average Bonchev–Trinajstić information content (AvgIpc) is 3.21. The maximum absolute atomic E-state index is 13.1. The van der Waals surface area contributed by atoms with E-state index in [4.69, 9.17) is 9.72 Å². The molecule has 2 fully saturated rings. The second kappa shape index (κ2) is 8.33. The van der Waals surface area contributed by atoms with Crippen molar-refractivity contribution in [3.63, 3.8) is 0 Å². The van der Waals surface area contributed by atoms with E-state index in [0.717, 1.165) is 41.5 Å². The zero-order valence-electron chi connectivity index (χ0n) is 17.2. The largest absolute Gasteiger partial charge is 0.381 e. The van der Waals surface area contributed by atoms with Crippen LogP contribution in [0.5, 0.6) is 0 Å². The van der Waals surface area contributed by atoms with Gasteiger partial charge in [0.1, 0.15) is 10.9 Å². The lowest BCUT2D eigenvalue weighted by molar-refractivity contribution is -0.123. The fourth-order valence-corrected chi connectivity index (χ4v) is 5.06. The van der Waals surface area contributed by atoms with Crippen molar-refractivity contribution >= 4 is 22.9 Å². The molecule has 1 saturated heterocycles. The summed E-state index contributed by atoms with van der Waals surface area (Å²) < 4.78 is 5.39. The highest BCUT2D eigenvalue weighted by molar-refractivity contribution is 7.15. The van der Waals surface area contributed by atoms with Crippen LogP contribution in [0.2, 0.25) is 0 Å². The highest BCUT2D eigenvalue weighted by Crippen LogP contribution is 2.38. The lowest BCUT2D eigenvalue weighted by Crippen LogP contribution is -2.16. The van der Waals surface area contributed by atoms with Gasteiger partial charge in [0.05, 0.1) is 5.69 Å². The highest BCUT2D eigenvalue weighted by Gasteiger charge is 2.41. The van der Waals surface area contributed by atoms with Crippen molar-refractivity contribution in [2.75, 3.05) is 13.2 Å². The Hall–Kier alpha value is -2.11. The van der Waals surface area contributed by atoms with Crippen LogP contribution in [0.25, 0.3) is 10.6 Å². The highest BCUT2D eigenvalue weighted by atomic mass is 32.1. The third kappa shape index (κ3) is 4.12. The molecule has 152 valence electrons. The SMILES string of the molecule is Cc1sc(-c2ccc(C(C)C)cc2)nc1C1C(=O)C/C(=C\C2CCOCC2)C1=O. The van der Waals surface area contributed by atoms with E-state index in [1.807, 2.05) is 13.0 Å². The number of thiazole rings is 1. The van der Waals surface area contributed by atoms with Crippen molar-refractivity contribution in [3.8, 4) is 10.6 Å². The quantitative estimate of drug-likeness (QED) is 0.513. The smallest absolute Gasteiger partial charge is 0.175 e. The summed E-state index contributed by atoms with van der Waals surface area (Å²) in [4.78, 5) is 31.5. The molecule has 29 heavy (non-hydrogen) atoms. The minimum Gasteiger partial charge on any atom is -0.381 e. The van der Waals surface area contributed by atoms with Gasteiger partial charge in [0.25, 0.3) is 0 Å². The average molecular weight is 410 g/mol. The summed E-state index contributed by atoms with van der Waals surface area (Å²) in [6.07, 6.45) is 4.09. The lowest BCUT2D eigenvalue weighted by atomic mass is 9.95. The van der Waals surface area contributed by atoms with Gasteiger partial charge in [0, 0.05) is 30.1 Å². The summed E-state index contributed by atoms with van der Waals surface area (Å²) in [7, 11) is 0. The van der Waals surface area contributed by atoms with Crippen molar-refractivity contribution in [1.29, 1.82) is 0 Å². The molecule has 2 aliphatic rings. The summed E-state index contributed by atoms with van der Waals surface area (Å²) in [5.41, 5.74) is 3.63. The number of aryl methyl sites for hydroxylation is 1. The third-order valence-corrected chi connectivity index (χ3v) is 6.93. The van der Waals surface area contributed by atoms with Crippen LogP contribution in [0.4, 0.5) is 0 Å². The molecule has 5 heteroatoms. The molecule has 0 N–H and O–H groups in total. The number of hydrogen-bond acceptors (Lipinski definition) is 5. The topological polar surface area (TPSA) is 56.3 Å². The van der Waals surface area contributed by atoms with Crippen LogP contribution in [0.1, 0.15) is 61.1 Å². The molecule has 2 heterocycles. The van der Waals surface area contributed by atoms with E-state index in [9.17, 15) is 9.59 Å². The Morgan fingerprint density at radius 2 is 1.83 bits per heavy atom. The number of hydrogen-bond donors (Lipinski definition) is 0. The molecule has 0 spiro atoms. The van der Waals surface area contributed by atoms with Crippen molar-refractivity contribution in [3.05, 3.63) is 52.0 Å². The van der Waals surface area contributed by atoms with Gasteiger partial charge < -0.3 is 4.74 Å². The van der Waals surface area contributed by atoms with Gasteiger partial charge in [-0.1, -0.05) is 44.2 Å². The first-order valence-corrected chi connectivity index (χ1v) is 11.2. The van der Waals surface area contributed by atoms with Crippen molar-refractivity contribution in [2.45, 2.75) is 51.9 Å². The number of nitrogens with zero attached hydrogens (tertiary/aromatic N) is 1. The summed E-state index contributed by atoms with van der Waals surface area (Å²) in [5, 5.41) is 0.871. The van der Waals surface area contributed by atoms with Gasteiger partial charge in [-0.15, -0.1) is 11.3 Å². The van der Waals surface area contributed by atoms with E-state index < -0.39 is 5.92 Å². The number of rotatable bonds is 4. The number of aromatic nitrogens is 1. The first-order valence-electron chi connectivity index (χ1n) is 10.4. The molecule has 4 rings (SSSR count). The number of Topliss-reactive ketones (excluding diaryl/α,β-unsaturated/α-hetero) is 2. The summed E-state index contributed by atoms with van der Waals surface area (Å²) >= 11 is 1.56. The fourth-order valence-electron chi connectivity index (χ4n) is 4.10. The van der Waals surface area contributed by atoms with E-state index >= 15 is 0 Å². The molecule has 2 aromatic rings. The molecule has 0 amide bonds. The molecule has 1 aromatic carbocycles. The Morgan fingerprint density at radius 3 is 2.48 bits per heavy atom. The Kier molecular flexibility index (Phi) is 5.79. The van der Waals surface area contributed by atoms with Crippen LogP contribution in [0.15, 0.2) is 35.9 Å². The van der Waals surface area contributed by atoms with Gasteiger partial charge in [0.15, 0.2) is 11.6 Å².